The molecule has 2 N–H and O–H groups in total. The van der Waals surface area contributed by atoms with Crippen LogP contribution in [0.1, 0.15) is 16.6 Å². The van der Waals surface area contributed by atoms with Crippen LogP contribution in [0.15, 0.2) is 42.6 Å². The van der Waals surface area contributed by atoms with Gasteiger partial charge in [-0.25, -0.2) is 9.97 Å². The zero-order chi connectivity index (χ0) is 10.7. The fourth-order valence-electron chi connectivity index (χ4n) is 1.30. The van der Waals surface area contributed by atoms with Crippen LogP contribution in [0.5, 0.6) is 0 Å². The van der Waals surface area contributed by atoms with E-state index in [1.165, 1.54) is 0 Å². The molecule has 0 aliphatic heterocycles. The smallest absolute Gasteiger partial charge is 0.147 e. The Morgan fingerprint density at radius 2 is 1.87 bits per heavy atom. The van der Waals surface area contributed by atoms with Crippen molar-refractivity contribution in [3.8, 4) is 0 Å². The van der Waals surface area contributed by atoms with Crippen LogP contribution in [-0.4, -0.2) is 9.97 Å². The molecule has 1 atom stereocenters. The van der Waals surface area contributed by atoms with Crippen LogP contribution in [0.3, 0.4) is 0 Å². The molecule has 1 aromatic heterocycles. The molecule has 0 aliphatic rings. The number of aromatic nitrogens is 2. The van der Waals surface area contributed by atoms with Crippen molar-refractivity contribution in [1.29, 1.82) is 0 Å². The average Bonchev–Trinajstić information content (AvgIpc) is 2.29. The number of nitrogens with zero attached hydrogens (tertiary/aromatic N) is 2. The summed E-state index contributed by atoms with van der Waals surface area (Å²) in [4.78, 5) is 8.29. The third-order valence-corrected chi connectivity index (χ3v) is 2.58. The van der Waals surface area contributed by atoms with Crippen LogP contribution in [0.2, 0.25) is 0 Å². The Hall–Kier alpha value is -1.55. The van der Waals surface area contributed by atoms with Gasteiger partial charge in [-0.3, -0.25) is 0 Å². The van der Waals surface area contributed by atoms with Crippen molar-refractivity contribution in [2.75, 3.05) is 5.73 Å². The highest BCUT2D eigenvalue weighted by atomic mass is 32.1. The molecule has 0 aliphatic carbocycles. The van der Waals surface area contributed by atoms with Gasteiger partial charge >= 0.3 is 0 Å². The van der Waals surface area contributed by atoms with E-state index >= 15 is 0 Å². The summed E-state index contributed by atoms with van der Waals surface area (Å²) in [7, 11) is 0. The van der Waals surface area contributed by atoms with E-state index in [0.29, 0.717) is 11.6 Å². The molecule has 0 spiro atoms. The molecule has 3 nitrogen and oxygen atoms in total. The fraction of sp³-hybridized carbons (Fsp3) is 0.0909. The molecular formula is C11H11N3S. The van der Waals surface area contributed by atoms with Gasteiger partial charge in [-0.2, -0.15) is 12.6 Å². The number of nitrogens with two attached hydrogens (primary N) is 1. The lowest BCUT2D eigenvalue weighted by atomic mass is 10.1. The summed E-state index contributed by atoms with van der Waals surface area (Å²) in [6.07, 6.45) is 1.64. The topological polar surface area (TPSA) is 51.8 Å². The largest absolute Gasteiger partial charge is 0.384 e. The monoisotopic (exact) mass is 217 g/mol. The van der Waals surface area contributed by atoms with Crippen LogP contribution in [0.25, 0.3) is 0 Å². The highest BCUT2D eigenvalue weighted by Crippen LogP contribution is 2.25. The van der Waals surface area contributed by atoms with E-state index in [-0.39, 0.29) is 5.25 Å². The quantitative estimate of drug-likeness (QED) is 0.757. The van der Waals surface area contributed by atoms with E-state index in [2.05, 4.69) is 22.6 Å². The summed E-state index contributed by atoms with van der Waals surface area (Å²) in [5.74, 6) is 1.10. The van der Waals surface area contributed by atoms with Gasteiger partial charge in [-0.1, -0.05) is 30.3 Å². The molecule has 0 saturated carbocycles. The van der Waals surface area contributed by atoms with Crippen molar-refractivity contribution < 1.29 is 0 Å². The summed E-state index contributed by atoms with van der Waals surface area (Å²) in [5, 5.41) is -0.130. The van der Waals surface area contributed by atoms with Crippen LogP contribution >= 0.6 is 12.6 Å². The van der Waals surface area contributed by atoms with E-state index < -0.39 is 0 Å². The summed E-state index contributed by atoms with van der Waals surface area (Å²) in [6.45, 7) is 0. The number of thiol groups is 1. The zero-order valence-electron chi connectivity index (χ0n) is 8.04. The number of nitrogen functional groups attached to an aromatic ring is 1. The van der Waals surface area contributed by atoms with Gasteiger partial charge in [-0.05, 0) is 11.6 Å². The van der Waals surface area contributed by atoms with Gasteiger partial charge in [0.2, 0.25) is 0 Å². The minimum atomic E-state index is -0.130. The van der Waals surface area contributed by atoms with Crippen LogP contribution in [-0.2, 0) is 0 Å². The van der Waals surface area contributed by atoms with Crippen molar-refractivity contribution in [2.45, 2.75) is 5.25 Å². The van der Waals surface area contributed by atoms with Crippen molar-refractivity contribution in [3.63, 3.8) is 0 Å². The molecule has 0 unspecified atom stereocenters. The molecule has 0 bridgehead atoms. The van der Waals surface area contributed by atoms with Gasteiger partial charge in [0.15, 0.2) is 0 Å². The Balaban J connectivity index is 2.32. The maximum Gasteiger partial charge on any atom is 0.147 e. The molecular weight excluding hydrogens is 206 g/mol. The molecule has 15 heavy (non-hydrogen) atoms. The van der Waals surface area contributed by atoms with Crippen LogP contribution < -0.4 is 5.73 Å². The lowest BCUT2D eigenvalue weighted by Gasteiger charge is -2.09. The lowest BCUT2D eigenvalue weighted by Crippen LogP contribution is -2.02. The first-order valence-electron chi connectivity index (χ1n) is 4.59. The first-order valence-corrected chi connectivity index (χ1v) is 5.10. The standard InChI is InChI=1S/C11H11N3S/c12-9-6-7-13-11(14-9)10(15)8-4-2-1-3-5-8/h1-7,10,15H,(H2,12,13,14)/t10-/m0/s1. The van der Waals surface area contributed by atoms with Gasteiger partial charge in [-0.15, -0.1) is 0 Å². The van der Waals surface area contributed by atoms with Gasteiger partial charge in [0, 0.05) is 6.20 Å². The molecule has 0 radical (unpaired) electrons. The predicted molar refractivity (Wildman–Crippen MR) is 63.7 cm³/mol. The minimum absolute atomic E-state index is 0.130. The van der Waals surface area contributed by atoms with E-state index in [0.717, 1.165) is 5.56 Å². The van der Waals surface area contributed by atoms with Gasteiger partial charge in [0.25, 0.3) is 0 Å². The Kier molecular flexibility index (Phi) is 2.87. The van der Waals surface area contributed by atoms with Crippen LogP contribution in [0, 0.1) is 0 Å². The van der Waals surface area contributed by atoms with Crippen LogP contribution in [0.4, 0.5) is 5.82 Å². The second kappa shape index (κ2) is 4.31. The van der Waals surface area contributed by atoms with E-state index in [1.54, 1.807) is 12.3 Å². The van der Waals surface area contributed by atoms with Gasteiger partial charge in [0.05, 0.1) is 5.25 Å². The molecule has 4 heteroatoms. The van der Waals surface area contributed by atoms with E-state index in [4.69, 9.17) is 5.73 Å². The molecule has 0 fully saturated rings. The maximum absolute atomic E-state index is 5.59. The summed E-state index contributed by atoms with van der Waals surface area (Å²) in [5.41, 5.74) is 6.65. The molecule has 1 heterocycles. The maximum atomic E-state index is 5.59. The van der Waals surface area contributed by atoms with Gasteiger partial charge in [0.1, 0.15) is 11.6 Å². The Labute approximate surface area is 93.8 Å². The lowest BCUT2D eigenvalue weighted by molar-refractivity contribution is 0.961. The number of hydrogen-bond donors (Lipinski definition) is 2. The highest BCUT2D eigenvalue weighted by Gasteiger charge is 2.11. The SMILES string of the molecule is Nc1ccnc([C@@H](S)c2ccccc2)n1. The first-order chi connectivity index (χ1) is 7.27. The normalized spacial score (nSPS) is 12.3. The fourth-order valence-corrected chi connectivity index (χ4v) is 1.60. The summed E-state index contributed by atoms with van der Waals surface area (Å²) >= 11 is 4.48. The Morgan fingerprint density at radius 3 is 2.53 bits per heavy atom. The zero-order valence-corrected chi connectivity index (χ0v) is 8.93. The molecule has 0 saturated heterocycles. The second-order valence-electron chi connectivity index (χ2n) is 3.15. The molecule has 76 valence electrons. The average molecular weight is 217 g/mol. The number of anilines is 1. The van der Waals surface area contributed by atoms with Crippen molar-refractivity contribution in [1.82, 2.24) is 9.97 Å². The molecule has 2 aromatic rings. The molecule has 2 rings (SSSR count). The van der Waals surface area contributed by atoms with Crippen molar-refractivity contribution in [2.24, 2.45) is 0 Å². The molecule has 1 aromatic carbocycles. The van der Waals surface area contributed by atoms with Crippen molar-refractivity contribution >= 4 is 18.4 Å². The van der Waals surface area contributed by atoms with E-state index in [9.17, 15) is 0 Å². The van der Waals surface area contributed by atoms with Crippen molar-refractivity contribution in [3.05, 3.63) is 54.0 Å². The summed E-state index contributed by atoms with van der Waals surface area (Å²) in [6, 6.07) is 11.5. The first kappa shape index (κ1) is 9.98. The predicted octanol–water partition coefficient (Wildman–Crippen LogP) is 2.08. The highest BCUT2D eigenvalue weighted by molar-refractivity contribution is 7.80. The number of benzene rings is 1. The van der Waals surface area contributed by atoms with E-state index in [1.807, 2.05) is 30.3 Å². The number of hydrogen-bond acceptors (Lipinski definition) is 4. The van der Waals surface area contributed by atoms with Gasteiger partial charge < -0.3 is 5.73 Å². The third-order valence-electron chi connectivity index (χ3n) is 2.06. The number of rotatable bonds is 2. The Morgan fingerprint density at radius 1 is 1.13 bits per heavy atom. The second-order valence-corrected chi connectivity index (χ2v) is 3.67. The third kappa shape index (κ3) is 2.27. The molecule has 0 amide bonds. The Bertz CT molecular complexity index is 445. The summed E-state index contributed by atoms with van der Waals surface area (Å²) < 4.78 is 0. The minimum Gasteiger partial charge on any atom is -0.384 e.